The van der Waals surface area contributed by atoms with Crippen LogP contribution in [-0.4, -0.2) is 34.9 Å². The minimum atomic E-state index is -0.672. The highest BCUT2D eigenvalue weighted by atomic mass is 16.3. The average Bonchev–Trinajstić information content (AvgIpc) is 3.40. The minimum absolute atomic E-state index is 0.0415. The van der Waals surface area contributed by atoms with Crippen molar-refractivity contribution in [2.75, 3.05) is 6.61 Å². The zero-order chi connectivity index (χ0) is 53.4. The summed E-state index contributed by atoms with van der Waals surface area (Å²) in [5.41, 5.74) is 0. The summed E-state index contributed by atoms with van der Waals surface area (Å²) in [4.78, 5) is 12.5. The van der Waals surface area contributed by atoms with Crippen LogP contribution in [0.1, 0.15) is 296 Å². The molecule has 0 spiro atoms. The molecule has 74 heavy (non-hydrogen) atoms. The third-order valence-corrected chi connectivity index (χ3v) is 14.0. The monoisotopic (exact) mass is 1020 g/mol. The van der Waals surface area contributed by atoms with Gasteiger partial charge in [0.1, 0.15) is 0 Å². The van der Waals surface area contributed by atoms with Crippen LogP contribution in [0.2, 0.25) is 0 Å². The van der Waals surface area contributed by atoms with E-state index >= 15 is 0 Å². The number of rotatable bonds is 57. The van der Waals surface area contributed by atoms with E-state index in [9.17, 15) is 15.0 Å². The first-order valence-electron chi connectivity index (χ1n) is 31.7. The molecule has 0 heterocycles. The average molecular weight is 1020 g/mol. The van der Waals surface area contributed by atoms with Crippen LogP contribution in [0.4, 0.5) is 0 Å². The molecule has 0 radical (unpaired) electrons. The van der Waals surface area contributed by atoms with Crippen molar-refractivity contribution in [2.45, 2.75) is 309 Å². The van der Waals surface area contributed by atoms with Gasteiger partial charge in [-0.15, -0.1) is 0 Å². The van der Waals surface area contributed by atoms with Crippen LogP contribution in [0.15, 0.2) is 122 Å². The third kappa shape index (κ3) is 59.7. The van der Waals surface area contributed by atoms with Gasteiger partial charge in [-0.1, -0.05) is 322 Å². The van der Waals surface area contributed by atoms with Crippen molar-refractivity contribution >= 4 is 5.91 Å². The molecule has 0 aliphatic heterocycles. The topological polar surface area (TPSA) is 69.6 Å². The maximum atomic E-state index is 12.5. The molecule has 4 nitrogen and oxygen atoms in total. The number of carbonyl (C=O) groups excluding carboxylic acids is 1. The van der Waals surface area contributed by atoms with Crippen LogP contribution in [0.3, 0.4) is 0 Å². The number of carbonyl (C=O) groups is 1. The Morgan fingerprint density at radius 2 is 0.595 bits per heavy atom. The van der Waals surface area contributed by atoms with Gasteiger partial charge in [0.25, 0.3) is 0 Å². The molecule has 0 saturated heterocycles. The molecule has 0 aliphatic carbocycles. The summed E-state index contributed by atoms with van der Waals surface area (Å²) < 4.78 is 0. The molecule has 0 rings (SSSR count). The third-order valence-electron chi connectivity index (χ3n) is 14.0. The predicted molar refractivity (Wildman–Crippen MR) is 331 cm³/mol. The Balaban J connectivity index is 3.57. The zero-order valence-electron chi connectivity index (χ0n) is 48.8. The molecule has 2 unspecified atom stereocenters. The molecule has 0 saturated carbocycles. The molecule has 1 amide bonds. The largest absolute Gasteiger partial charge is 0.394 e. The van der Waals surface area contributed by atoms with Gasteiger partial charge in [-0.2, -0.15) is 0 Å². The molecule has 4 heteroatoms. The summed E-state index contributed by atoms with van der Waals surface area (Å²) in [5.74, 6) is -0.0415. The van der Waals surface area contributed by atoms with E-state index in [-0.39, 0.29) is 12.5 Å². The number of aliphatic hydroxyl groups excluding tert-OH is 2. The van der Waals surface area contributed by atoms with Crippen molar-refractivity contribution in [3.63, 3.8) is 0 Å². The zero-order valence-corrected chi connectivity index (χ0v) is 48.8. The van der Waals surface area contributed by atoms with Crippen LogP contribution in [0, 0.1) is 0 Å². The van der Waals surface area contributed by atoms with Crippen LogP contribution in [-0.2, 0) is 4.79 Å². The van der Waals surface area contributed by atoms with Crippen LogP contribution < -0.4 is 5.32 Å². The van der Waals surface area contributed by atoms with Crippen LogP contribution in [0.5, 0.6) is 0 Å². The van der Waals surface area contributed by atoms with Gasteiger partial charge in [0.2, 0.25) is 5.91 Å². The van der Waals surface area contributed by atoms with E-state index in [4.69, 9.17) is 0 Å². The van der Waals surface area contributed by atoms with Gasteiger partial charge in [0.05, 0.1) is 18.8 Å². The second-order valence-corrected chi connectivity index (χ2v) is 21.1. The fourth-order valence-electron chi connectivity index (χ4n) is 9.21. The molecule has 2 atom stereocenters. The summed E-state index contributed by atoms with van der Waals surface area (Å²) in [6.45, 7) is 4.26. The normalized spacial score (nSPS) is 13.6. The lowest BCUT2D eigenvalue weighted by Gasteiger charge is -2.22. The van der Waals surface area contributed by atoms with Crippen LogP contribution >= 0.6 is 0 Å². The molecular formula is C70H121NO3. The van der Waals surface area contributed by atoms with E-state index in [2.05, 4.69) is 141 Å². The van der Waals surface area contributed by atoms with Gasteiger partial charge < -0.3 is 15.5 Å². The van der Waals surface area contributed by atoms with E-state index in [1.165, 1.54) is 173 Å². The van der Waals surface area contributed by atoms with E-state index in [0.29, 0.717) is 12.8 Å². The Bertz CT molecular complexity index is 1440. The Morgan fingerprint density at radius 3 is 0.892 bits per heavy atom. The fourth-order valence-corrected chi connectivity index (χ4v) is 9.21. The Morgan fingerprint density at radius 1 is 0.338 bits per heavy atom. The molecular weight excluding hydrogens is 903 g/mol. The van der Waals surface area contributed by atoms with E-state index in [1.807, 2.05) is 0 Å². The SMILES string of the molecule is CC/C=C\C/C=C\C/C=C\C/C=C\C/C=C\C/C=C\C/C=C\C/C=C\C/C=C\C/C=C\CCCCCCCCCCC(=O)NC(CO)C(O)CCCCCCCCCCCCCCCCCCCCCCCCC. The lowest BCUT2D eigenvalue weighted by Crippen LogP contribution is -2.45. The van der Waals surface area contributed by atoms with E-state index in [1.54, 1.807) is 0 Å². The summed E-state index contributed by atoms with van der Waals surface area (Å²) in [5, 5.41) is 23.4. The first kappa shape index (κ1) is 70.8. The highest BCUT2D eigenvalue weighted by Crippen LogP contribution is 2.17. The molecule has 0 bridgehead atoms. The van der Waals surface area contributed by atoms with Crippen molar-refractivity contribution in [1.29, 1.82) is 0 Å². The van der Waals surface area contributed by atoms with Gasteiger partial charge >= 0.3 is 0 Å². The number of amides is 1. The highest BCUT2D eigenvalue weighted by Gasteiger charge is 2.20. The first-order valence-corrected chi connectivity index (χ1v) is 31.7. The smallest absolute Gasteiger partial charge is 0.220 e. The van der Waals surface area contributed by atoms with Crippen molar-refractivity contribution in [3.05, 3.63) is 122 Å². The van der Waals surface area contributed by atoms with Crippen molar-refractivity contribution in [2.24, 2.45) is 0 Å². The molecule has 0 aliphatic rings. The second-order valence-electron chi connectivity index (χ2n) is 21.1. The van der Waals surface area contributed by atoms with Gasteiger partial charge in [-0.3, -0.25) is 4.79 Å². The van der Waals surface area contributed by atoms with Crippen LogP contribution in [0.25, 0.3) is 0 Å². The van der Waals surface area contributed by atoms with Gasteiger partial charge in [0.15, 0.2) is 0 Å². The summed E-state index contributed by atoms with van der Waals surface area (Å²) in [7, 11) is 0. The number of allylic oxidation sites excluding steroid dienone is 20. The highest BCUT2D eigenvalue weighted by molar-refractivity contribution is 5.76. The number of hydrogen-bond acceptors (Lipinski definition) is 3. The number of hydrogen-bond donors (Lipinski definition) is 3. The Kier molecular flexibility index (Phi) is 61.3. The predicted octanol–water partition coefficient (Wildman–Crippen LogP) is 21.6. The Hall–Kier alpha value is -3.21. The molecule has 0 fully saturated rings. The first-order chi connectivity index (χ1) is 36.7. The van der Waals surface area contributed by atoms with Gasteiger partial charge in [-0.25, -0.2) is 0 Å². The molecule has 0 aromatic heterocycles. The second kappa shape index (κ2) is 64.1. The molecule has 3 N–H and O–H groups in total. The van der Waals surface area contributed by atoms with Gasteiger partial charge in [0, 0.05) is 6.42 Å². The number of unbranched alkanes of at least 4 members (excludes halogenated alkanes) is 30. The molecule has 0 aromatic rings. The van der Waals surface area contributed by atoms with Crippen molar-refractivity contribution < 1.29 is 15.0 Å². The summed E-state index contributed by atoms with van der Waals surface area (Å²) in [6, 6.07) is -0.550. The van der Waals surface area contributed by atoms with Gasteiger partial charge in [-0.05, 0) is 89.9 Å². The van der Waals surface area contributed by atoms with E-state index in [0.717, 1.165) is 96.3 Å². The summed E-state index contributed by atoms with van der Waals surface area (Å²) in [6.07, 6.45) is 97.7. The number of aliphatic hydroxyl groups is 2. The standard InChI is InChI=1S/C70H121NO3/c1-3-5-7-9-11-13-15-17-19-21-23-25-27-28-29-30-31-32-33-34-35-36-37-38-39-40-41-42-44-46-48-50-52-54-56-58-60-62-64-66-70(74)71-68(67-72)69(73)65-63-61-59-57-55-53-51-49-47-45-43-26-24-22-20-18-16-14-12-10-8-6-4-2/h5,7,11,13,17,19,23,25,28-29,31-32,34-35,37-38,40-41,44,46,68-69,72-73H,3-4,6,8-10,12,14-16,18,20-22,24,26-27,30,33,36,39,42-43,45,47-67H2,1-2H3,(H,71,74)/b7-5-,13-11-,19-17-,25-23-,29-28-,32-31-,35-34-,38-37-,41-40-,46-44-. The van der Waals surface area contributed by atoms with E-state index < -0.39 is 12.1 Å². The maximum Gasteiger partial charge on any atom is 0.220 e. The minimum Gasteiger partial charge on any atom is -0.394 e. The molecule has 424 valence electrons. The van der Waals surface area contributed by atoms with Crippen molar-refractivity contribution in [3.8, 4) is 0 Å². The van der Waals surface area contributed by atoms with Crippen molar-refractivity contribution in [1.82, 2.24) is 5.32 Å². The summed E-state index contributed by atoms with van der Waals surface area (Å²) >= 11 is 0. The lowest BCUT2D eigenvalue weighted by atomic mass is 10.0. The quantitative estimate of drug-likeness (QED) is 0.0420. The Labute approximate surface area is 460 Å². The molecule has 0 aromatic carbocycles. The number of nitrogens with one attached hydrogen (secondary N) is 1. The fraction of sp³-hybridized carbons (Fsp3) is 0.700. The lowest BCUT2D eigenvalue weighted by molar-refractivity contribution is -0.123. The maximum absolute atomic E-state index is 12.5.